The van der Waals surface area contributed by atoms with Crippen LogP contribution in [-0.4, -0.2) is 67.7 Å². The van der Waals surface area contributed by atoms with E-state index in [9.17, 15) is 4.79 Å². The molecule has 0 bridgehead atoms. The number of ether oxygens (including phenoxy) is 1. The minimum Gasteiger partial charge on any atom is -0.383 e. The topological polar surface area (TPSA) is 58.8 Å². The van der Waals surface area contributed by atoms with Crippen LogP contribution >= 0.6 is 24.8 Å². The summed E-state index contributed by atoms with van der Waals surface area (Å²) in [6.07, 6.45) is 1.35. The third kappa shape index (κ3) is 7.64. The summed E-state index contributed by atoms with van der Waals surface area (Å²) in [4.78, 5) is 16.3. The van der Waals surface area contributed by atoms with E-state index in [1.807, 2.05) is 11.8 Å². The summed E-state index contributed by atoms with van der Waals surface area (Å²) in [5.41, 5.74) is 5.68. The number of methoxy groups -OCH3 is 1. The number of nitrogens with two attached hydrogens (primary N) is 1. The fourth-order valence-electron chi connectivity index (χ4n) is 2.27. The molecule has 7 heteroatoms. The molecule has 20 heavy (non-hydrogen) atoms. The van der Waals surface area contributed by atoms with Gasteiger partial charge in [0, 0.05) is 51.8 Å². The van der Waals surface area contributed by atoms with Crippen LogP contribution in [0.3, 0.4) is 0 Å². The van der Waals surface area contributed by atoms with E-state index in [2.05, 4.69) is 11.8 Å². The summed E-state index contributed by atoms with van der Waals surface area (Å²) in [5.74, 6) is 0.241. The Morgan fingerprint density at radius 1 is 1.40 bits per heavy atom. The van der Waals surface area contributed by atoms with Gasteiger partial charge in [0.2, 0.25) is 5.91 Å². The molecule has 1 aliphatic rings. The molecule has 1 saturated heterocycles. The molecule has 1 aliphatic heterocycles. The highest BCUT2D eigenvalue weighted by Gasteiger charge is 2.25. The Hall–Kier alpha value is -0.0700. The molecular formula is C13H29Cl2N3O2. The molecule has 122 valence electrons. The Balaban J connectivity index is 0. The highest BCUT2D eigenvalue weighted by atomic mass is 35.5. The van der Waals surface area contributed by atoms with Crippen LogP contribution in [0.5, 0.6) is 0 Å². The first kappa shape index (κ1) is 22.2. The van der Waals surface area contributed by atoms with E-state index in [1.165, 1.54) is 0 Å². The zero-order valence-electron chi connectivity index (χ0n) is 12.7. The van der Waals surface area contributed by atoms with E-state index < -0.39 is 0 Å². The molecule has 1 heterocycles. The van der Waals surface area contributed by atoms with Crippen LogP contribution in [0, 0.1) is 0 Å². The molecule has 0 saturated carbocycles. The molecule has 5 nitrogen and oxygen atoms in total. The Labute approximate surface area is 135 Å². The Bertz CT molecular complexity index is 268. The van der Waals surface area contributed by atoms with Crippen LogP contribution in [0.4, 0.5) is 0 Å². The standard InChI is InChI=1S/C13H27N3O2.2ClH/c1-11(14)4-5-13(17)16-7-6-15(8-9-18-3)12(2)10-16;;/h11-12H,4-10,14H2,1-3H3;2*1H. The number of carbonyl (C=O) groups excluding carboxylic acids is 1. The van der Waals surface area contributed by atoms with Gasteiger partial charge in [-0.15, -0.1) is 24.8 Å². The van der Waals surface area contributed by atoms with Crippen LogP contribution in [0.25, 0.3) is 0 Å². The minimum atomic E-state index is 0. The van der Waals surface area contributed by atoms with E-state index in [4.69, 9.17) is 10.5 Å². The molecule has 1 fully saturated rings. The van der Waals surface area contributed by atoms with Gasteiger partial charge in [-0.25, -0.2) is 0 Å². The maximum atomic E-state index is 12.0. The van der Waals surface area contributed by atoms with Crippen LogP contribution < -0.4 is 5.73 Å². The predicted octanol–water partition coefficient (Wildman–Crippen LogP) is 1.14. The summed E-state index contributed by atoms with van der Waals surface area (Å²) in [5, 5.41) is 0. The molecule has 0 aromatic carbocycles. The van der Waals surface area contributed by atoms with Crippen molar-refractivity contribution in [2.45, 2.75) is 38.8 Å². The molecule has 0 aliphatic carbocycles. The van der Waals surface area contributed by atoms with Crippen LogP contribution in [0.2, 0.25) is 0 Å². The van der Waals surface area contributed by atoms with Crippen molar-refractivity contribution in [1.82, 2.24) is 9.80 Å². The first-order valence-electron chi connectivity index (χ1n) is 6.81. The monoisotopic (exact) mass is 329 g/mol. The van der Waals surface area contributed by atoms with Crippen molar-refractivity contribution < 1.29 is 9.53 Å². The zero-order valence-corrected chi connectivity index (χ0v) is 14.3. The van der Waals surface area contributed by atoms with E-state index in [0.29, 0.717) is 12.5 Å². The smallest absolute Gasteiger partial charge is 0.222 e. The lowest BCUT2D eigenvalue weighted by molar-refractivity contribution is -0.134. The molecule has 1 rings (SSSR count). The van der Waals surface area contributed by atoms with Crippen molar-refractivity contribution in [3.8, 4) is 0 Å². The molecular weight excluding hydrogens is 301 g/mol. The molecule has 0 radical (unpaired) electrons. The van der Waals surface area contributed by atoms with Gasteiger partial charge in [-0.2, -0.15) is 0 Å². The lowest BCUT2D eigenvalue weighted by Crippen LogP contribution is -2.54. The third-order valence-electron chi connectivity index (χ3n) is 3.51. The van der Waals surface area contributed by atoms with E-state index >= 15 is 0 Å². The molecule has 0 aromatic heterocycles. The molecule has 2 atom stereocenters. The van der Waals surface area contributed by atoms with E-state index in [0.717, 1.165) is 39.2 Å². The number of hydrogen-bond donors (Lipinski definition) is 1. The predicted molar refractivity (Wildman–Crippen MR) is 86.9 cm³/mol. The van der Waals surface area contributed by atoms with Gasteiger partial charge in [0.15, 0.2) is 0 Å². The van der Waals surface area contributed by atoms with E-state index in [-0.39, 0.29) is 36.8 Å². The second-order valence-electron chi connectivity index (χ2n) is 5.23. The molecule has 1 amide bonds. The highest BCUT2D eigenvalue weighted by molar-refractivity contribution is 5.85. The van der Waals surface area contributed by atoms with Crippen molar-refractivity contribution in [3.63, 3.8) is 0 Å². The summed E-state index contributed by atoms with van der Waals surface area (Å²) >= 11 is 0. The number of halogens is 2. The number of piperazine rings is 1. The van der Waals surface area contributed by atoms with Gasteiger partial charge in [-0.1, -0.05) is 0 Å². The van der Waals surface area contributed by atoms with Gasteiger partial charge >= 0.3 is 0 Å². The molecule has 0 aromatic rings. The van der Waals surface area contributed by atoms with Gasteiger partial charge in [0.1, 0.15) is 0 Å². The average Bonchev–Trinajstić information content (AvgIpc) is 2.34. The van der Waals surface area contributed by atoms with Crippen LogP contribution in [0.15, 0.2) is 0 Å². The fourth-order valence-corrected chi connectivity index (χ4v) is 2.27. The Morgan fingerprint density at radius 2 is 2.05 bits per heavy atom. The maximum Gasteiger partial charge on any atom is 0.222 e. The van der Waals surface area contributed by atoms with Crippen molar-refractivity contribution in [3.05, 3.63) is 0 Å². The largest absolute Gasteiger partial charge is 0.383 e. The lowest BCUT2D eigenvalue weighted by Gasteiger charge is -2.39. The van der Waals surface area contributed by atoms with Crippen LogP contribution in [0.1, 0.15) is 26.7 Å². The fraction of sp³-hybridized carbons (Fsp3) is 0.923. The van der Waals surface area contributed by atoms with Crippen LogP contribution in [-0.2, 0) is 9.53 Å². The maximum absolute atomic E-state index is 12.0. The zero-order chi connectivity index (χ0) is 13.5. The summed E-state index contributed by atoms with van der Waals surface area (Å²) in [6.45, 7) is 8.39. The highest BCUT2D eigenvalue weighted by Crippen LogP contribution is 2.11. The van der Waals surface area contributed by atoms with Crippen molar-refractivity contribution in [2.75, 3.05) is 39.9 Å². The summed E-state index contributed by atoms with van der Waals surface area (Å²) in [7, 11) is 1.72. The second kappa shape index (κ2) is 11.6. The van der Waals surface area contributed by atoms with Gasteiger partial charge in [-0.05, 0) is 20.3 Å². The molecule has 2 N–H and O–H groups in total. The Morgan fingerprint density at radius 3 is 2.55 bits per heavy atom. The van der Waals surface area contributed by atoms with Crippen molar-refractivity contribution in [1.29, 1.82) is 0 Å². The summed E-state index contributed by atoms with van der Waals surface area (Å²) < 4.78 is 5.10. The number of rotatable bonds is 6. The number of nitrogens with zero attached hydrogens (tertiary/aromatic N) is 2. The summed E-state index contributed by atoms with van der Waals surface area (Å²) in [6, 6.07) is 0.516. The van der Waals surface area contributed by atoms with Gasteiger partial charge in [-0.3, -0.25) is 9.69 Å². The lowest BCUT2D eigenvalue weighted by atomic mass is 10.1. The third-order valence-corrected chi connectivity index (χ3v) is 3.51. The normalized spacial score (nSPS) is 20.8. The van der Waals surface area contributed by atoms with Gasteiger partial charge < -0.3 is 15.4 Å². The molecule has 2 unspecified atom stereocenters. The average molecular weight is 330 g/mol. The number of carbonyl (C=O) groups is 1. The SMILES string of the molecule is COCCN1CCN(C(=O)CCC(C)N)CC1C.Cl.Cl. The quantitative estimate of drug-likeness (QED) is 0.793. The first-order valence-corrected chi connectivity index (χ1v) is 6.81. The van der Waals surface area contributed by atoms with Crippen molar-refractivity contribution in [2.24, 2.45) is 5.73 Å². The minimum absolute atomic E-state index is 0. The van der Waals surface area contributed by atoms with Crippen molar-refractivity contribution >= 4 is 30.7 Å². The molecule has 0 spiro atoms. The second-order valence-corrected chi connectivity index (χ2v) is 5.23. The van der Waals surface area contributed by atoms with Gasteiger partial charge in [0.05, 0.1) is 6.61 Å². The van der Waals surface area contributed by atoms with E-state index in [1.54, 1.807) is 7.11 Å². The Kier molecular flexibility index (Phi) is 12.9. The first-order chi connectivity index (χ1) is 8.54. The number of hydrogen-bond acceptors (Lipinski definition) is 4. The number of amides is 1. The van der Waals surface area contributed by atoms with Gasteiger partial charge in [0.25, 0.3) is 0 Å².